The van der Waals surface area contributed by atoms with E-state index in [9.17, 15) is 26.8 Å². The molecule has 0 bridgehead atoms. The summed E-state index contributed by atoms with van der Waals surface area (Å²) in [5.41, 5.74) is 1.04. The van der Waals surface area contributed by atoms with Crippen LogP contribution in [0, 0.1) is 11.6 Å². The van der Waals surface area contributed by atoms with Gasteiger partial charge in [-0.2, -0.15) is 0 Å². The van der Waals surface area contributed by atoms with E-state index in [2.05, 4.69) is 10.6 Å². The van der Waals surface area contributed by atoms with Crippen molar-refractivity contribution < 1.29 is 22.0 Å². The molecule has 202 valence electrons. The zero-order valence-electron chi connectivity index (χ0n) is 21.3. The molecule has 2 N–H and O–H groups in total. The topological polar surface area (TPSA) is 97.3 Å². The van der Waals surface area contributed by atoms with E-state index < -0.39 is 33.1 Å². The van der Waals surface area contributed by atoms with Crippen LogP contribution in [0.15, 0.2) is 99.5 Å². The highest BCUT2D eigenvalue weighted by Gasteiger charge is 2.20. The number of sulfone groups is 1. The Kier molecular flexibility index (Phi) is 8.37. The number of rotatable bonds is 9. The van der Waals surface area contributed by atoms with Crippen molar-refractivity contribution in [3.05, 3.63) is 112 Å². The highest BCUT2D eigenvalue weighted by atomic mass is 32.2. The number of pyridine rings is 1. The maximum absolute atomic E-state index is 13.6. The highest BCUT2D eigenvalue weighted by Crippen LogP contribution is 2.24. The minimum Gasteiger partial charge on any atom is -0.320 e. The number of hydrogen-bond acceptors (Lipinski definition) is 5. The Hall–Kier alpha value is -4.15. The number of carbonyl (C=O) groups excluding carboxylic acids is 1. The summed E-state index contributed by atoms with van der Waals surface area (Å²) in [7, 11) is -2.30. The van der Waals surface area contributed by atoms with Crippen LogP contribution in [-0.4, -0.2) is 32.0 Å². The zero-order chi connectivity index (χ0) is 28.2. The maximum atomic E-state index is 13.6. The van der Waals surface area contributed by atoms with Gasteiger partial charge in [-0.05, 0) is 97.4 Å². The molecule has 1 aromatic heterocycles. The predicted octanol–water partition coefficient (Wildman–Crippen LogP) is 4.61. The Morgan fingerprint density at radius 1 is 0.897 bits per heavy atom. The number of nitrogens with zero attached hydrogens (tertiary/aromatic N) is 1. The summed E-state index contributed by atoms with van der Waals surface area (Å²) in [4.78, 5) is 26.2. The van der Waals surface area contributed by atoms with Gasteiger partial charge in [0, 0.05) is 0 Å². The molecule has 3 aromatic carbocycles. The number of anilines is 1. The van der Waals surface area contributed by atoms with Gasteiger partial charge in [0.2, 0.25) is 15.7 Å². The number of halogens is 2. The molecule has 0 aliphatic heterocycles. The van der Waals surface area contributed by atoms with E-state index in [1.54, 1.807) is 25.2 Å². The molecule has 0 saturated carbocycles. The number of carbonyl (C=O) groups is 1. The van der Waals surface area contributed by atoms with Gasteiger partial charge in [0.15, 0.2) is 0 Å². The average Bonchev–Trinajstić information content (AvgIpc) is 2.93. The van der Waals surface area contributed by atoms with Crippen LogP contribution in [0.25, 0.3) is 11.3 Å². The second-order valence-corrected chi connectivity index (χ2v) is 10.8. The van der Waals surface area contributed by atoms with Crippen LogP contribution < -0.4 is 16.2 Å². The van der Waals surface area contributed by atoms with Crippen LogP contribution in [0.5, 0.6) is 0 Å². The summed E-state index contributed by atoms with van der Waals surface area (Å²) in [6, 6.07) is 18.9. The number of benzene rings is 3. The zero-order valence-corrected chi connectivity index (χ0v) is 22.1. The van der Waals surface area contributed by atoms with E-state index in [0.717, 1.165) is 12.1 Å². The second-order valence-electron chi connectivity index (χ2n) is 8.87. The monoisotopic (exact) mass is 551 g/mol. The molecular formula is C29H27F2N3O4S. The quantitative estimate of drug-likeness (QED) is 0.296. The molecule has 7 nitrogen and oxygen atoms in total. The summed E-state index contributed by atoms with van der Waals surface area (Å²) in [6.45, 7) is 1.80. The number of hydrogen-bond donors (Lipinski definition) is 2. The molecule has 0 fully saturated rings. The van der Waals surface area contributed by atoms with Crippen molar-refractivity contribution in [2.75, 3.05) is 12.4 Å². The molecule has 0 unspecified atom stereocenters. The van der Waals surface area contributed by atoms with Crippen molar-refractivity contribution in [1.82, 2.24) is 9.88 Å². The number of amides is 1. The van der Waals surface area contributed by atoms with Crippen LogP contribution in [-0.2, 0) is 21.2 Å². The fourth-order valence-corrected chi connectivity index (χ4v) is 5.52. The number of likely N-dealkylation sites (N-methyl/N-ethyl adjacent to an activating group) is 1. The van der Waals surface area contributed by atoms with Crippen molar-refractivity contribution >= 4 is 21.4 Å². The van der Waals surface area contributed by atoms with E-state index in [4.69, 9.17) is 0 Å². The van der Waals surface area contributed by atoms with E-state index in [-0.39, 0.29) is 27.9 Å². The van der Waals surface area contributed by atoms with Gasteiger partial charge in [0.1, 0.15) is 17.3 Å². The van der Waals surface area contributed by atoms with Crippen molar-refractivity contribution in [3.8, 4) is 11.3 Å². The van der Waals surface area contributed by atoms with Crippen molar-refractivity contribution in [3.63, 3.8) is 0 Å². The second kappa shape index (κ2) is 11.7. The molecule has 0 spiro atoms. The molecule has 4 rings (SSSR count). The first-order chi connectivity index (χ1) is 18.6. The summed E-state index contributed by atoms with van der Waals surface area (Å²) in [5.74, 6) is -1.36. The molecule has 0 saturated heterocycles. The SMILES string of the molecule is CC[C@H](NC)C(=O)Nc1ccc(-c2ccc(F)cc2)n(Cc2cccc(S(=O)(=O)c3ccc(F)cc3)c2)c1=O. The lowest BCUT2D eigenvalue weighted by Crippen LogP contribution is -2.39. The van der Waals surface area contributed by atoms with Crippen LogP contribution in [0.3, 0.4) is 0 Å². The predicted molar refractivity (Wildman–Crippen MR) is 145 cm³/mol. The van der Waals surface area contributed by atoms with Crippen molar-refractivity contribution in [2.24, 2.45) is 0 Å². The fourth-order valence-electron chi connectivity index (χ4n) is 4.19. The normalized spacial score (nSPS) is 12.2. The fraction of sp³-hybridized carbons (Fsp3) is 0.172. The molecule has 0 radical (unpaired) electrons. The standard InChI is InChI=1S/C29H27F2N3O4S/c1-3-25(32-2)28(35)33-26-15-16-27(20-7-9-21(30)10-8-20)34(29(26)36)18-19-5-4-6-24(17-19)39(37,38)23-13-11-22(31)12-14-23/h4-17,25,32H,3,18H2,1-2H3,(H,33,35)/t25-/m0/s1. The molecular weight excluding hydrogens is 524 g/mol. The lowest BCUT2D eigenvalue weighted by Gasteiger charge is -2.18. The average molecular weight is 552 g/mol. The number of aromatic nitrogens is 1. The molecule has 10 heteroatoms. The molecule has 0 aliphatic carbocycles. The van der Waals surface area contributed by atoms with Crippen LogP contribution in [0.1, 0.15) is 18.9 Å². The highest BCUT2D eigenvalue weighted by molar-refractivity contribution is 7.91. The smallest absolute Gasteiger partial charge is 0.275 e. The molecule has 1 amide bonds. The first kappa shape index (κ1) is 27.9. The van der Waals surface area contributed by atoms with Gasteiger partial charge in [0.05, 0.1) is 28.1 Å². The summed E-state index contributed by atoms with van der Waals surface area (Å²) in [6.07, 6.45) is 0.513. The van der Waals surface area contributed by atoms with Gasteiger partial charge in [0.25, 0.3) is 5.56 Å². The largest absolute Gasteiger partial charge is 0.320 e. The van der Waals surface area contributed by atoms with Crippen LogP contribution in [0.4, 0.5) is 14.5 Å². The van der Waals surface area contributed by atoms with E-state index in [0.29, 0.717) is 23.2 Å². The van der Waals surface area contributed by atoms with E-state index in [1.807, 2.05) is 6.92 Å². The molecule has 1 atom stereocenters. The third-order valence-electron chi connectivity index (χ3n) is 6.32. The summed E-state index contributed by atoms with van der Waals surface area (Å²) < 4.78 is 54.6. The van der Waals surface area contributed by atoms with Crippen LogP contribution in [0.2, 0.25) is 0 Å². The Morgan fingerprint density at radius 2 is 1.54 bits per heavy atom. The van der Waals surface area contributed by atoms with Crippen LogP contribution >= 0.6 is 0 Å². The minimum atomic E-state index is -3.95. The first-order valence-electron chi connectivity index (χ1n) is 12.2. The van der Waals surface area contributed by atoms with Crippen molar-refractivity contribution in [1.29, 1.82) is 0 Å². The van der Waals surface area contributed by atoms with Gasteiger partial charge < -0.3 is 15.2 Å². The Labute approximate surface area is 225 Å². The maximum Gasteiger partial charge on any atom is 0.275 e. The van der Waals surface area contributed by atoms with Gasteiger partial charge >= 0.3 is 0 Å². The van der Waals surface area contributed by atoms with Gasteiger partial charge in [-0.1, -0.05) is 19.1 Å². The van der Waals surface area contributed by atoms with Crippen molar-refractivity contribution in [2.45, 2.75) is 35.7 Å². The van der Waals surface area contributed by atoms with Gasteiger partial charge in [-0.3, -0.25) is 9.59 Å². The minimum absolute atomic E-state index is 0.0211. The molecule has 4 aromatic rings. The summed E-state index contributed by atoms with van der Waals surface area (Å²) in [5, 5.41) is 5.56. The molecule has 39 heavy (non-hydrogen) atoms. The van der Waals surface area contributed by atoms with Gasteiger partial charge in [-0.25, -0.2) is 17.2 Å². The third-order valence-corrected chi connectivity index (χ3v) is 8.09. The number of nitrogens with one attached hydrogen (secondary N) is 2. The van der Waals surface area contributed by atoms with E-state index >= 15 is 0 Å². The third kappa shape index (κ3) is 6.13. The first-order valence-corrected chi connectivity index (χ1v) is 13.7. The lowest BCUT2D eigenvalue weighted by atomic mass is 10.1. The Balaban J connectivity index is 1.77. The Morgan fingerprint density at radius 3 is 2.15 bits per heavy atom. The van der Waals surface area contributed by atoms with E-state index in [1.165, 1.54) is 59.2 Å². The molecule has 1 heterocycles. The summed E-state index contributed by atoms with van der Waals surface area (Å²) >= 11 is 0. The molecule has 0 aliphatic rings. The van der Waals surface area contributed by atoms with Gasteiger partial charge in [-0.15, -0.1) is 0 Å². The lowest BCUT2D eigenvalue weighted by molar-refractivity contribution is -0.118. The Bertz CT molecular complexity index is 1650.